The van der Waals surface area contributed by atoms with E-state index in [1.807, 2.05) is 0 Å². The highest BCUT2D eigenvalue weighted by Gasteiger charge is 2.14. The summed E-state index contributed by atoms with van der Waals surface area (Å²) >= 11 is 0. The molecule has 0 atom stereocenters. The van der Waals surface area contributed by atoms with E-state index in [0.717, 1.165) is 0 Å². The summed E-state index contributed by atoms with van der Waals surface area (Å²) < 4.78 is 19.3. The molecule has 0 aliphatic heterocycles. The number of benzene rings is 1. The first-order valence-electron chi connectivity index (χ1n) is 7.75. The van der Waals surface area contributed by atoms with Gasteiger partial charge < -0.3 is 10.1 Å². The molecule has 2 N–H and O–H groups in total. The Kier molecular flexibility index (Phi) is 5.02. The van der Waals surface area contributed by atoms with E-state index < -0.39 is 11.7 Å². The Morgan fingerprint density at radius 3 is 2.77 bits per heavy atom. The summed E-state index contributed by atoms with van der Waals surface area (Å²) in [6.07, 6.45) is 1.51. The summed E-state index contributed by atoms with van der Waals surface area (Å²) in [5.41, 5.74) is 0.908. The van der Waals surface area contributed by atoms with Crippen molar-refractivity contribution in [2.45, 2.75) is 13.5 Å². The normalized spacial score (nSPS) is 10.4. The first kappa shape index (κ1) is 17.3. The number of pyridine rings is 1. The minimum absolute atomic E-state index is 0.0402. The number of ketones is 1. The van der Waals surface area contributed by atoms with Gasteiger partial charge >= 0.3 is 0 Å². The Morgan fingerprint density at radius 1 is 1.23 bits per heavy atom. The van der Waals surface area contributed by atoms with Gasteiger partial charge in [0.05, 0.1) is 0 Å². The minimum Gasteiger partial charge on any atom is -0.436 e. The van der Waals surface area contributed by atoms with E-state index in [2.05, 4.69) is 20.5 Å². The number of nitrogens with one attached hydrogen (secondary N) is 2. The molecule has 0 radical (unpaired) electrons. The van der Waals surface area contributed by atoms with Crippen LogP contribution in [0.2, 0.25) is 0 Å². The quantitative estimate of drug-likeness (QED) is 0.664. The van der Waals surface area contributed by atoms with Crippen LogP contribution in [0.5, 0.6) is 11.6 Å². The number of para-hydroxylation sites is 1. The molecule has 2 aromatic heterocycles. The van der Waals surface area contributed by atoms with E-state index in [4.69, 9.17) is 4.74 Å². The fourth-order valence-corrected chi connectivity index (χ4v) is 2.17. The topological polar surface area (TPSA) is 97.0 Å². The minimum atomic E-state index is -0.512. The lowest BCUT2D eigenvalue weighted by Gasteiger charge is -2.11. The number of halogens is 1. The van der Waals surface area contributed by atoms with Gasteiger partial charge in [0, 0.05) is 25.2 Å². The van der Waals surface area contributed by atoms with E-state index in [-0.39, 0.29) is 35.3 Å². The van der Waals surface area contributed by atoms with Gasteiger partial charge in [-0.05, 0) is 24.3 Å². The Morgan fingerprint density at radius 2 is 2.04 bits per heavy atom. The second-order valence-electron chi connectivity index (χ2n) is 5.41. The van der Waals surface area contributed by atoms with Crippen LogP contribution in [0.1, 0.15) is 33.5 Å². The second-order valence-corrected chi connectivity index (χ2v) is 5.41. The van der Waals surface area contributed by atoms with Gasteiger partial charge in [0.1, 0.15) is 11.4 Å². The zero-order valence-corrected chi connectivity index (χ0v) is 13.8. The van der Waals surface area contributed by atoms with Gasteiger partial charge in [0.15, 0.2) is 17.3 Å². The number of hydrogen-bond acceptors (Lipinski definition) is 5. The number of rotatable bonds is 6. The SMILES string of the molecule is CC(=O)c1cc(C(=O)NCc2cccnc2Oc2ccccc2F)[nH]n1. The highest BCUT2D eigenvalue weighted by atomic mass is 19.1. The van der Waals surface area contributed by atoms with Crippen LogP contribution >= 0.6 is 0 Å². The fraction of sp³-hybridized carbons (Fsp3) is 0.111. The maximum absolute atomic E-state index is 13.7. The van der Waals surface area contributed by atoms with Crippen molar-refractivity contribution in [3.63, 3.8) is 0 Å². The number of aromatic nitrogens is 3. The van der Waals surface area contributed by atoms with Crippen molar-refractivity contribution in [3.05, 3.63) is 71.4 Å². The molecule has 0 aliphatic rings. The number of carbonyl (C=O) groups excluding carboxylic acids is 2. The van der Waals surface area contributed by atoms with Gasteiger partial charge in [0.25, 0.3) is 5.91 Å². The predicted molar refractivity (Wildman–Crippen MR) is 90.5 cm³/mol. The third-order valence-electron chi connectivity index (χ3n) is 3.52. The summed E-state index contributed by atoms with van der Waals surface area (Å²) in [6.45, 7) is 1.46. The van der Waals surface area contributed by atoms with E-state index in [9.17, 15) is 14.0 Å². The average molecular weight is 354 g/mol. The van der Waals surface area contributed by atoms with Gasteiger partial charge in [-0.15, -0.1) is 0 Å². The van der Waals surface area contributed by atoms with Crippen LogP contribution in [-0.2, 0) is 6.54 Å². The van der Waals surface area contributed by atoms with Crippen LogP contribution in [0.4, 0.5) is 4.39 Å². The van der Waals surface area contributed by atoms with Gasteiger partial charge in [0.2, 0.25) is 5.88 Å². The molecule has 0 saturated heterocycles. The van der Waals surface area contributed by atoms with Crippen molar-refractivity contribution in [1.82, 2.24) is 20.5 Å². The molecule has 132 valence electrons. The summed E-state index contributed by atoms with van der Waals surface area (Å²) in [7, 11) is 0. The van der Waals surface area contributed by atoms with E-state index in [1.165, 1.54) is 31.3 Å². The van der Waals surface area contributed by atoms with Crippen molar-refractivity contribution >= 4 is 11.7 Å². The van der Waals surface area contributed by atoms with Crippen molar-refractivity contribution in [2.75, 3.05) is 0 Å². The molecule has 3 rings (SSSR count). The lowest BCUT2D eigenvalue weighted by molar-refractivity contribution is 0.0945. The Balaban J connectivity index is 1.71. The fourth-order valence-electron chi connectivity index (χ4n) is 2.17. The van der Waals surface area contributed by atoms with Crippen LogP contribution in [0.25, 0.3) is 0 Å². The molecule has 1 amide bonds. The Hall–Kier alpha value is -3.55. The molecule has 8 heteroatoms. The summed E-state index contributed by atoms with van der Waals surface area (Å²) in [6, 6.07) is 10.7. The van der Waals surface area contributed by atoms with Crippen molar-refractivity contribution in [1.29, 1.82) is 0 Å². The Labute approximate surface area is 148 Å². The molecule has 0 fully saturated rings. The maximum atomic E-state index is 13.7. The van der Waals surface area contributed by atoms with E-state index in [1.54, 1.807) is 24.3 Å². The smallest absolute Gasteiger partial charge is 0.269 e. The molecular formula is C18H15FN4O3. The third kappa shape index (κ3) is 3.92. The van der Waals surface area contributed by atoms with Gasteiger partial charge in [-0.3, -0.25) is 14.7 Å². The van der Waals surface area contributed by atoms with Gasteiger partial charge in [-0.1, -0.05) is 18.2 Å². The van der Waals surface area contributed by atoms with Gasteiger partial charge in [-0.25, -0.2) is 9.37 Å². The third-order valence-corrected chi connectivity index (χ3v) is 3.52. The Bertz CT molecular complexity index is 955. The number of carbonyl (C=O) groups is 2. The van der Waals surface area contributed by atoms with Crippen LogP contribution in [0.3, 0.4) is 0 Å². The number of H-pyrrole nitrogens is 1. The van der Waals surface area contributed by atoms with Crippen LogP contribution in [0, 0.1) is 5.82 Å². The van der Waals surface area contributed by atoms with Crippen molar-refractivity contribution in [2.24, 2.45) is 0 Å². The van der Waals surface area contributed by atoms with Crippen LogP contribution in [0.15, 0.2) is 48.7 Å². The van der Waals surface area contributed by atoms with Gasteiger partial charge in [-0.2, -0.15) is 5.10 Å². The second kappa shape index (κ2) is 7.56. The van der Waals surface area contributed by atoms with Crippen LogP contribution in [-0.4, -0.2) is 26.9 Å². The molecule has 0 bridgehead atoms. The molecule has 0 saturated carbocycles. The first-order valence-corrected chi connectivity index (χ1v) is 7.75. The largest absolute Gasteiger partial charge is 0.436 e. The summed E-state index contributed by atoms with van der Waals surface area (Å²) in [4.78, 5) is 27.5. The molecule has 0 aliphatic carbocycles. The maximum Gasteiger partial charge on any atom is 0.269 e. The zero-order chi connectivity index (χ0) is 18.5. The predicted octanol–water partition coefficient (Wildman–Crippen LogP) is 2.87. The zero-order valence-electron chi connectivity index (χ0n) is 13.8. The number of Topliss-reactive ketones (excluding diaryl/α,β-unsaturated/α-hetero) is 1. The number of aromatic amines is 1. The molecule has 1 aromatic carbocycles. The monoisotopic (exact) mass is 354 g/mol. The first-order chi connectivity index (χ1) is 12.5. The highest BCUT2D eigenvalue weighted by molar-refractivity contribution is 5.97. The molecule has 0 unspecified atom stereocenters. The highest BCUT2D eigenvalue weighted by Crippen LogP contribution is 2.25. The lowest BCUT2D eigenvalue weighted by atomic mass is 10.2. The number of hydrogen-bond donors (Lipinski definition) is 2. The molecular weight excluding hydrogens is 339 g/mol. The lowest BCUT2D eigenvalue weighted by Crippen LogP contribution is -2.23. The van der Waals surface area contributed by atoms with Crippen molar-refractivity contribution in [3.8, 4) is 11.6 Å². The molecule has 0 spiro atoms. The molecule has 7 nitrogen and oxygen atoms in total. The molecule has 2 heterocycles. The number of ether oxygens (including phenoxy) is 1. The van der Waals surface area contributed by atoms with Crippen LogP contribution < -0.4 is 10.1 Å². The van der Waals surface area contributed by atoms with E-state index in [0.29, 0.717) is 5.56 Å². The standard InChI is InChI=1S/C18H15FN4O3/c1-11(24)14-9-15(23-22-14)17(25)21-10-12-5-4-8-20-18(12)26-16-7-3-2-6-13(16)19/h2-9H,10H2,1H3,(H,21,25)(H,22,23). The molecule has 3 aromatic rings. The number of amides is 1. The van der Waals surface area contributed by atoms with Crippen molar-refractivity contribution < 1.29 is 18.7 Å². The number of nitrogens with zero attached hydrogens (tertiary/aromatic N) is 2. The molecule has 26 heavy (non-hydrogen) atoms. The summed E-state index contributed by atoms with van der Waals surface area (Å²) in [5.74, 6) is -0.966. The average Bonchev–Trinajstić information content (AvgIpc) is 3.13. The van der Waals surface area contributed by atoms with E-state index >= 15 is 0 Å². The summed E-state index contributed by atoms with van der Waals surface area (Å²) in [5, 5.41) is 8.94.